The van der Waals surface area contributed by atoms with Gasteiger partial charge in [-0.3, -0.25) is 5.73 Å². The van der Waals surface area contributed by atoms with Crippen molar-refractivity contribution in [3.63, 3.8) is 0 Å². The maximum Gasteiger partial charge on any atom is 0.0380 e. The maximum atomic E-state index is 6.78. The zero-order chi connectivity index (χ0) is 3.86. The molecule has 1 rings (SSSR count). The summed E-state index contributed by atoms with van der Waals surface area (Å²) in [7, 11) is 0. The highest BCUT2D eigenvalue weighted by molar-refractivity contribution is 4.93. The first-order valence-corrected chi connectivity index (χ1v) is 1.77. The Hall–Kier alpha value is -0.0800. The molecule has 2 atom stereocenters. The highest BCUT2D eigenvalue weighted by Gasteiger charge is 2.29. The molecule has 0 aromatic carbocycles. The van der Waals surface area contributed by atoms with E-state index in [2.05, 4.69) is 0 Å². The monoisotopic (exact) mass is 71.1 g/mol. The van der Waals surface area contributed by atoms with Crippen molar-refractivity contribution in [3.05, 3.63) is 0 Å². The SMILES string of the molecule is [NH]C1CC1N. The molecule has 3 N–H and O–H groups in total. The van der Waals surface area contributed by atoms with E-state index in [4.69, 9.17) is 11.5 Å². The Kier molecular flexibility index (Phi) is 0.436. The first-order chi connectivity index (χ1) is 2.30. The predicted molar refractivity (Wildman–Crippen MR) is 19.5 cm³/mol. The van der Waals surface area contributed by atoms with Gasteiger partial charge in [0.1, 0.15) is 0 Å². The van der Waals surface area contributed by atoms with E-state index in [1.54, 1.807) is 0 Å². The highest BCUT2D eigenvalue weighted by atomic mass is 14.9. The molecule has 0 amide bonds. The van der Waals surface area contributed by atoms with Crippen LogP contribution in [0.1, 0.15) is 6.42 Å². The molecule has 1 fully saturated rings. The lowest BCUT2D eigenvalue weighted by molar-refractivity contribution is 0.936. The van der Waals surface area contributed by atoms with Gasteiger partial charge in [-0.05, 0) is 6.42 Å². The third-order valence-electron chi connectivity index (χ3n) is 0.840. The number of hydrogen-bond donors (Lipinski definition) is 1. The van der Waals surface area contributed by atoms with Gasteiger partial charge in [-0.25, -0.2) is 0 Å². The molecule has 2 nitrogen and oxygen atoms in total. The lowest BCUT2D eigenvalue weighted by atomic mass is 10.7. The first kappa shape index (κ1) is 3.12. The van der Waals surface area contributed by atoms with E-state index in [0.29, 0.717) is 0 Å². The van der Waals surface area contributed by atoms with Crippen molar-refractivity contribution in [2.75, 3.05) is 0 Å². The van der Waals surface area contributed by atoms with Crippen LogP contribution in [0.4, 0.5) is 0 Å². The van der Waals surface area contributed by atoms with Gasteiger partial charge in [-0.1, -0.05) is 0 Å². The first-order valence-electron chi connectivity index (χ1n) is 1.77. The lowest BCUT2D eigenvalue weighted by Crippen LogP contribution is -2.04. The van der Waals surface area contributed by atoms with Crippen LogP contribution in [0.5, 0.6) is 0 Å². The number of hydrogen-bond acceptors (Lipinski definition) is 1. The molecule has 5 heavy (non-hydrogen) atoms. The second kappa shape index (κ2) is 0.698. The second-order valence-corrected chi connectivity index (χ2v) is 1.51. The topological polar surface area (TPSA) is 49.8 Å². The second-order valence-electron chi connectivity index (χ2n) is 1.51. The van der Waals surface area contributed by atoms with Gasteiger partial charge in [0, 0.05) is 12.1 Å². The minimum absolute atomic E-state index is 0.0787. The van der Waals surface area contributed by atoms with Gasteiger partial charge in [0.2, 0.25) is 0 Å². The van der Waals surface area contributed by atoms with Crippen LogP contribution in [-0.4, -0.2) is 12.1 Å². The van der Waals surface area contributed by atoms with Crippen molar-refractivity contribution in [1.29, 1.82) is 0 Å². The van der Waals surface area contributed by atoms with Gasteiger partial charge < -0.3 is 5.73 Å². The minimum Gasteiger partial charge on any atom is -0.326 e. The van der Waals surface area contributed by atoms with Crippen molar-refractivity contribution >= 4 is 0 Å². The Balaban J connectivity index is 2.20. The van der Waals surface area contributed by atoms with E-state index in [9.17, 15) is 0 Å². The summed E-state index contributed by atoms with van der Waals surface area (Å²) in [6, 6.07) is 0.296. The molecule has 0 heterocycles. The van der Waals surface area contributed by atoms with E-state index in [1.807, 2.05) is 0 Å². The fourth-order valence-corrected chi connectivity index (χ4v) is 0.215. The van der Waals surface area contributed by atoms with Crippen LogP contribution in [-0.2, 0) is 0 Å². The number of nitrogens with one attached hydrogen (secondary N) is 1. The third kappa shape index (κ3) is 0.412. The predicted octanol–water partition coefficient (Wildman–Crippen LogP) is -0.631. The van der Waals surface area contributed by atoms with Crippen LogP contribution >= 0.6 is 0 Å². The van der Waals surface area contributed by atoms with Crippen molar-refractivity contribution < 1.29 is 0 Å². The van der Waals surface area contributed by atoms with Gasteiger partial charge >= 0.3 is 0 Å². The molecule has 1 aliphatic carbocycles. The molecule has 0 bridgehead atoms. The molecule has 0 saturated heterocycles. The fraction of sp³-hybridized carbons (Fsp3) is 1.00. The molecular formula is C3H7N2. The Morgan fingerprint density at radius 2 is 2.00 bits per heavy atom. The molecule has 29 valence electrons. The van der Waals surface area contributed by atoms with Gasteiger partial charge in [0.15, 0.2) is 0 Å². The van der Waals surface area contributed by atoms with Crippen LogP contribution in [0, 0.1) is 0 Å². The zero-order valence-electron chi connectivity index (χ0n) is 2.94. The van der Waals surface area contributed by atoms with E-state index < -0.39 is 0 Å². The quantitative estimate of drug-likeness (QED) is 0.406. The van der Waals surface area contributed by atoms with Crippen LogP contribution in [0.2, 0.25) is 0 Å². The molecule has 2 heteroatoms. The van der Waals surface area contributed by atoms with Crippen LogP contribution in [0.3, 0.4) is 0 Å². The summed E-state index contributed by atoms with van der Waals surface area (Å²) in [4.78, 5) is 0. The summed E-state index contributed by atoms with van der Waals surface area (Å²) in [5, 5.41) is 0. The average molecular weight is 71.1 g/mol. The molecule has 1 saturated carbocycles. The summed E-state index contributed by atoms with van der Waals surface area (Å²) in [6.45, 7) is 0. The number of rotatable bonds is 0. The van der Waals surface area contributed by atoms with Crippen LogP contribution in [0.25, 0.3) is 0 Å². The fourth-order valence-electron chi connectivity index (χ4n) is 0.215. The standard InChI is InChI=1S/C3H7N2/c4-2-1-3(2)5/h2-4H,1,5H2. The molecule has 2 unspecified atom stereocenters. The van der Waals surface area contributed by atoms with Crippen LogP contribution in [0.15, 0.2) is 0 Å². The molecule has 0 aromatic rings. The molecular weight excluding hydrogens is 64.0 g/mol. The van der Waals surface area contributed by atoms with Gasteiger partial charge in [0.05, 0.1) is 0 Å². The van der Waals surface area contributed by atoms with Gasteiger partial charge in [-0.2, -0.15) is 0 Å². The molecule has 0 aromatic heterocycles. The Labute approximate surface area is 31.1 Å². The van der Waals surface area contributed by atoms with E-state index in [-0.39, 0.29) is 12.1 Å². The largest absolute Gasteiger partial charge is 0.326 e. The summed E-state index contributed by atoms with van der Waals surface area (Å²) in [6.07, 6.45) is 0.917. The van der Waals surface area contributed by atoms with E-state index >= 15 is 0 Å². The summed E-state index contributed by atoms with van der Waals surface area (Å²) >= 11 is 0. The zero-order valence-corrected chi connectivity index (χ0v) is 2.94. The van der Waals surface area contributed by atoms with Crippen molar-refractivity contribution in [1.82, 2.24) is 5.73 Å². The lowest BCUT2D eigenvalue weighted by Gasteiger charge is -1.69. The van der Waals surface area contributed by atoms with Crippen molar-refractivity contribution in [2.45, 2.75) is 18.5 Å². The molecule has 0 spiro atoms. The Morgan fingerprint density at radius 1 is 1.80 bits per heavy atom. The van der Waals surface area contributed by atoms with E-state index in [1.165, 1.54) is 0 Å². The van der Waals surface area contributed by atoms with Crippen molar-refractivity contribution in [3.8, 4) is 0 Å². The smallest absolute Gasteiger partial charge is 0.0380 e. The normalized spacial score (nSPS) is 49.2. The van der Waals surface area contributed by atoms with Gasteiger partial charge in [-0.15, -0.1) is 0 Å². The van der Waals surface area contributed by atoms with Gasteiger partial charge in [0.25, 0.3) is 0 Å². The summed E-state index contributed by atoms with van der Waals surface area (Å²) in [5.74, 6) is 0. The maximum absolute atomic E-state index is 6.78. The molecule has 1 radical (unpaired) electrons. The minimum atomic E-state index is 0.0787. The van der Waals surface area contributed by atoms with E-state index in [0.717, 1.165) is 6.42 Å². The summed E-state index contributed by atoms with van der Waals surface area (Å²) in [5.41, 5.74) is 12.0. The molecule has 1 aliphatic rings. The van der Waals surface area contributed by atoms with Crippen LogP contribution < -0.4 is 11.5 Å². The summed E-state index contributed by atoms with van der Waals surface area (Å²) < 4.78 is 0. The third-order valence-corrected chi connectivity index (χ3v) is 0.840. The Bertz CT molecular complexity index is 38.2. The molecule has 0 aliphatic heterocycles. The Morgan fingerprint density at radius 3 is 2.00 bits per heavy atom. The average Bonchev–Trinajstić information content (AvgIpc) is 1.79. The highest BCUT2D eigenvalue weighted by Crippen LogP contribution is 2.14. The van der Waals surface area contributed by atoms with Crippen molar-refractivity contribution in [2.24, 2.45) is 5.73 Å². The number of nitrogens with two attached hydrogens (primary N) is 1.